The zero-order chi connectivity index (χ0) is 13.3. The van der Waals surface area contributed by atoms with Gasteiger partial charge in [-0.25, -0.2) is 0 Å². The van der Waals surface area contributed by atoms with Crippen LogP contribution in [0.25, 0.3) is 0 Å². The molecule has 0 atom stereocenters. The molecule has 0 unspecified atom stereocenters. The number of nitrogens with zero attached hydrogens (tertiary/aromatic N) is 1. The fourth-order valence-corrected chi connectivity index (χ4v) is 1.81. The van der Waals surface area contributed by atoms with Crippen molar-refractivity contribution >= 4 is 5.91 Å². The number of aliphatic hydroxyl groups excluding tert-OH is 1. The van der Waals surface area contributed by atoms with Gasteiger partial charge in [-0.05, 0) is 11.6 Å². The molecule has 0 spiro atoms. The van der Waals surface area contributed by atoms with Crippen LogP contribution in [0.4, 0.5) is 13.2 Å². The van der Waals surface area contributed by atoms with E-state index in [1.807, 2.05) is 0 Å². The number of rotatable bonds is 2. The molecule has 1 aromatic carbocycles. The number of halogens is 3. The van der Waals surface area contributed by atoms with Gasteiger partial charge >= 0.3 is 6.18 Å². The maximum absolute atomic E-state index is 12.7. The Morgan fingerprint density at radius 3 is 2.50 bits per heavy atom. The first-order valence-corrected chi connectivity index (χ1v) is 5.22. The van der Waals surface area contributed by atoms with E-state index in [1.54, 1.807) is 0 Å². The lowest BCUT2D eigenvalue weighted by atomic mass is 10.1. The van der Waals surface area contributed by atoms with Crippen molar-refractivity contribution in [3.05, 3.63) is 47.4 Å². The Hall–Kier alpha value is -1.98. The summed E-state index contributed by atoms with van der Waals surface area (Å²) in [5.74, 6) is -0.547. The maximum Gasteiger partial charge on any atom is 0.416 e. The summed E-state index contributed by atoms with van der Waals surface area (Å²) in [5.41, 5.74) is -0.762. The Kier molecular flexibility index (Phi) is 3.02. The van der Waals surface area contributed by atoms with Gasteiger partial charge in [-0.2, -0.15) is 13.2 Å². The van der Waals surface area contributed by atoms with Gasteiger partial charge in [0, 0.05) is 6.20 Å². The number of aliphatic hydroxyl groups is 1. The highest BCUT2D eigenvalue weighted by Crippen LogP contribution is 2.32. The van der Waals surface area contributed by atoms with Crippen LogP contribution in [0, 0.1) is 0 Å². The van der Waals surface area contributed by atoms with Gasteiger partial charge in [0.25, 0.3) is 0 Å². The third-order valence-corrected chi connectivity index (χ3v) is 2.62. The van der Waals surface area contributed by atoms with Crippen LogP contribution >= 0.6 is 0 Å². The van der Waals surface area contributed by atoms with Gasteiger partial charge in [-0.15, -0.1) is 0 Å². The van der Waals surface area contributed by atoms with Crippen LogP contribution in [-0.2, 0) is 17.5 Å². The maximum atomic E-state index is 12.7. The number of carbonyl (C=O) groups is 1. The van der Waals surface area contributed by atoms with Crippen LogP contribution in [0.5, 0.6) is 0 Å². The normalized spacial score (nSPS) is 16.1. The molecule has 1 amide bonds. The van der Waals surface area contributed by atoms with Crippen molar-refractivity contribution in [3.63, 3.8) is 0 Å². The predicted octanol–water partition coefficient (Wildman–Crippen LogP) is 2.84. The highest BCUT2D eigenvalue weighted by atomic mass is 19.4. The van der Waals surface area contributed by atoms with E-state index in [4.69, 9.17) is 5.11 Å². The minimum absolute atomic E-state index is 0.00398. The minimum atomic E-state index is -4.45. The molecule has 1 aliphatic heterocycles. The van der Waals surface area contributed by atoms with Crippen LogP contribution in [-0.4, -0.2) is 15.9 Å². The molecular formula is C12H10F3NO2. The zero-order valence-electron chi connectivity index (χ0n) is 9.24. The Balaban J connectivity index is 2.28. The second-order valence-corrected chi connectivity index (χ2v) is 3.97. The van der Waals surface area contributed by atoms with Gasteiger partial charge in [-0.3, -0.25) is 4.79 Å². The molecule has 1 heterocycles. The molecule has 0 saturated heterocycles. The lowest BCUT2D eigenvalue weighted by Crippen LogP contribution is -2.22. The first-order valence-electron chi connectivity index (χ1n) is 5.22. The molecule has 1 aliphatic rings. The van der Waals surface area contributed by atoms with Crippen molar-refractivity contribution in [1.29, 1.82) is 0 Å². The molecule has 0 aromatic heterocycles. The Morgan fingerprint density at radius 2 is 1.94 bits per heavy atom. The lowest BCUT2D eigenvalue weighted by Gasteiger charge is -2.17. The van der Waals surface area contributed by atoms with Gasteiger partial charge in [-0.1, -0.05) is 18.2 Å². The second kappa shape index (κ2) is 4.36. The van der Waals surface area contributed by atoms with Crippen molar-refractivity contribution in [2.75, 3.05) is 0 Å². The van der Waals surface area contributed by atoms with Crippen LogP contribution < -0.4 is 0 Å². The minimum Gasteiger partial charge on any atom is -0.510 e. The summed E-state index contributed by atoms with van der Waals surface area (Å²) in [7, 11) is 0. The molecule has 96 valence electrons. The van der Waals surface area contributed by atoms with E-state index in [2.05, 4.69) is 0 Å². The first kappa shape index (κ1) is 12.5. The van der Waals surface area contributed by atoms with Crippen molar-refractivity contribution < 1.29 is 23.1 Å². The highest BCUT2D eigenvalue weighted by Gasteiger charge is 2.34. The molecule has 18 heavy (non-hydrogen) atoms. The quantitative estimate of drug-likeness (QED) is 0.885. The average molecular weight is 257 g/mol. The van der Waals surface area contributed by atoms with E-state index >= 15 is 0 Å². The predicted molar refractivity (Wildman–Crippen MR) is 57.3 cm³/mol. The topological polar surface area (TPSA) is 40.5 Å². The SMILES string of the molecule is O=C1CC(O)=CN1Cc1ccccc1C(F)(F)F. The fraction of sp³-hybridized carbons (Fsp3) is 0.250. The standard InChI is InChI=1S/C12H10F3NO2/c13-12(14,15)10-4-2-1-3-8(10)6-16-7-9(17)5-11(16)18/h1-4,7,17H,5-6H2. The molecule has 1 N–H and O–H groups in total. The molecule has 0 radical (unpaired) electrons. The number of benzene rings is 1. The summed E-state index contributed by atoms with van der Waals surface area (Å²) in [6, 6.07) is 5.07. The summed E-state index contributed by atoms with van der Waals surface area (Å²) in [4.78, 5) is 12.5. The number of hydrogen-bond acceptors (Lipinski definition) is 2. The van der Waals surface area contributed by atoms with E-state index in [0.29, 0.717) is 0 Å². The Bertz CT molecular complexity index is 508. The van der Waals surface area contributed by atoms with Crippen LogP contribution in [0.15, 0.2) is 36.2 Å². The summed E-state index contributed by atoms with van der Waals surface area (Å²) < 4.78 is 38.2. The largest absolute Gasteiger partial charge is 0.510 e. The van der Waals surface area contributed by atoms with Gasteiger partial charge in [0.1, 0.15) is 5.76 Å². The zero-order valence-corrected chi connectivity index (χ0v) is 9.24. The molecule has 2 rings (SSSR count). The van der Waals surface area contributed by atoms with Crippen LogP contribution in [0.3, 0.4) is 0 Å². The van der Waals surface area contributed by atoms with Crippen LogP contribution in [0.1, 0.15) is 17.5 Å². The lowest BCUT2D eigenvalue weighted by molar-refractivity contribution is -0.139. The summed E-state index contributed by atoms with van der Waals surface area (Å²) in [5, 5.41) is 9.15. The monoisotopic (exact) mass is 257 g/mol. The van der Waals surface area contributed by atoms with E-state index < -0.39 is 17.6 Å². The molecule has 0 fully saturated rings. The third-order valence-electron chi connectivity index (χ3n) is 2.62. The fourth-order valence-electron chi connectivity index (χ4n) is 1.81. The molecular weight excluding hydrogens is 247 g/mol. The van der Waals surface area contributed by atoms with Gasteiger partial charge in [0.05, 0.1) is 18.5 Å². The summed E-state index contributed by atoms with van der Waals surface area (Å²) in [6.07, 6.45) is -3.45. The number of carbonyl (C=O) groups excluding carboxylic acids is 1. The molecule has 6 heteroatoms. The first-order chi connectivity index (χ1) is 8.38. The van der Waals surface area contributed by atoms with E-state index in [-0.39, 0.29) is 24.3 Å². The van der Waals surface area contributed by atoms with Gasteiger partial charge < -0.3 is 10.0 Å². The van der Waals surface area contributed by atoms with Crippen LogP contribution in [0.2, 0.25) is 0 Å². The second-order valence-electron chi connectivity index (χ2n) is 3.97. The summed E-state index contributed by atoms with van der Waals surface area (Å²) >= 11 is 0. The van der Waals surface area contributed by atoms with E-state index in [1.165, 1.54) is 18.2 Å². The Morgan fingerprint density at radius 1 is 1.28 bits per heavy atom. The van der Waals surface area contributed by atoms with Crippen molar-refractivity contribution in [1.82, 2.24) is 4.90 Å². The molecule has 3 nitrogen and oxygen atoms in total. The highest BCUT2D eigenvalue weighted by molar-refractivity contribution is 5.82. The molecule has 0 saturated carbocycles. The summed E-state index contributed by atoms with van der Waals surface area (Å²) in [6.45, 7) is -0.196. The van der Waals surface area contributed by atoms with Crippen molar-refractivity contribution in [2.45, 2.75) is 19.1 Å². The smallest absolute Gasteiger partial charge is 0.416 e. The van der Waals surface area contributed by atoms with E-state index in [0.717, 1.165) is 17.2 Å². The number of amides is 1. The van der Waals surface area contributed by atoms with Crippen molar-refractivity contribution in [2.24, 2.45) is 0 Å². The van der Waals surface area contributed by atoms with Gasteiger partial charge in [0.15, 0.2) is 0 Å². The van der Waals surface area contributed by atoms with E-state index in [9.17, 15) is 18.0 Å². The molecule has 0 bridgehead atoms. The number of hydrogen-bond donors (Lipinski definition) is 1. The molecule has 0 aliphatic carbocycles. The molecule has 1 aromatic rings. The number of alkyl halides is 3. The third kappa shape index (κ3) is 2.47. The van der Waals surface area contributed by atoms with Crippen molar-refractivity contribution in [3.8, 4) is 0 Å². The average Bonchev–Trinajstić information content (AvgIpc) is 2.57. The Labute approximate surface area is 101 Å². The van der Waals surface area contributed by atoms with Gasteiger partial charge in [0.2, 0.25) is 5.91 Å².